The number of aryl methyl sites for hydroxylation is 1. The van der Waals surface area contributed by atoms with Gasteiger partial charge < -0.3 is 10.8 Å². The summed E-state index contributed by atoms with van der Waals surface area (Å²) in [5, 5.41) is 15.7. The fourth-order valence-corrected chi connectivity index (χ4v) is 3.89. The number of halogens is 1. The summed E-state index contributed by atoms with van der Waals surface area (Å²) in [6, 6.07) is 24.1. The van der Waals surface area contributed by atoms with Crippen LogP contribution in [0.25, 0.3) is 5.69 Å². The maximum Gasteiger partial charge on any atom is 0.185 e. The number of aliphatic hydroxyl groups excluding tert-OH is 1. The van der Waals surface area contributed by atoms with E-state index in [4.69, 9.17) is 17.3 Å². The van der Waals surface area contributed by atoms with Crippen LogP contribution >= 0.6 is 11.6 Å². The molecule has 162 valence electrons. The number of hydrogen-bond donors (Lipinski definition) is 2. The molecule has 1 atom stereocenters. The van der Waals surface area contributed by atoms with E-state index in [0.29, 0.717) is 28.4 Å². The van der Waals surface area contributed by atoms with Gasteiger partial charge in [0.25, 0.3) is 0 Å². The molecule has 4 aromatic rings. The summed E-state index contributed by atoms with van der Waals surface area (Å²) in [5.41, 5.74) is 10.8. The number of carbonyl (C=O) groups is 1. The Hall–Kier alpha value is -3.25. The average Bonchev–Trinajstić information content (AvgIpc) is 3.22. The molecule has 0 aliphatic rings. The Balaban J connectivity index is 1.64. The van der Waals surface area contributed by atoms with E-state index in [9.17, 15) is 9.90 Å². The van der Waals surface area contributed by atoms with Gasteiger partial charge in [0.15, 0.2) is 5.78 Å². The first kappa shape index (κ1) is 22.0. The summed E-state index contributed by atoms with van der Waals surface area (Å²) >= 11 is 6.41. The zero-order valence-corrected chi connectivity index (χ0v) is 18.5. The lowest BCUT2D eigenvalue weighted by Gasteiger charge is -2.14. The van der Waals surface area contributed by atoms with Gasteiger partial charge in [0, 0.05) is 18.0 Å². The average molecular weight is 446 g/mol. The summed E-state index contributed by atoms with van der Waals surface area (Å²) in [6.45, 7) is 2.26. The predicted molar refractivity (Wildman–Crippen MR) is 126 cm³/mol. The number of carbonyl (C=O) groups excluding carboxylic acids is 1. The minimum Gasteiger partial charge on any atom is -0.384 e. The summed E-state index contributed by atoms with van der Waals surface area (Å²) in [5.74, 6) is -0.114. The van der Waals surface area contributed by atoms with Gasteiger partial charge in [-0.2, -0.15) is 5.10 Å². The molecule has 5 nitrogen and oxygen atoms in total. The molecule has 0 amide bonds. The van der Waals surface area contributed by atoms with Crippen LogP contribution in [-0.4, -0.2) is 20.7 Å². The zero-order chi connectivity index (χ0) is 22.7. The largest absolute Gasteiger partial charge is 0.384 e. The van der Waals surface area contributed by atoms with Gasteiger partial charge in [-0.15, -0.1) is 0 Å². The molecule has 3 N–H and O–H groups in total. The van der Waals surface area contributed by atoms with Gasteiger partial charge in [0.05, 0.1) is 11.4 Å². The minimum absolute atomic E-state index is 0.0932. The smallest absolute Gasteiger partial charge is 0.185 e. The van der Waals surface area contributed by atoms with Crippen molar-refractivity contribution >= 4 is 17.4 Å². The molecule has 0 fully saturated rings. The third-order valence-corrected chi connectivity index (χ3v) is 5.73. The highest BCUT2D eigenvalue weighted by Gasteiger charge is 2.19. The number of ketones is 1. The molecule has 1 unspecified atom stereocenters. The summed E-state index contributed by atoms with van der Waals surface area (Å²) in [6.07, 6.45) is -0.704. The third-order valence-electron chi connectivity index (χ3n) is 5.36. The monoisotopic (exact) mass is 445 g/mol. The SMILES string of the molecule is Cc1cc(C(=O)Cc2cc(C(O)c3ccccc3)ccc2Cl)n(-c2cccc(CN)c2)n1. The van der Waals surface area contributed by atoms with Crippen LogP contribution < -0.4 is 5.73 Å². The fourth-order valence-electron chi connectivity index (χ4n) is 3.70. The Morgan fingerprint density at radius 2 is 1.81 bits per heavy atom. The number of aliphatic hydroxyl groups is 1. The van der Waals surface area contributed by atoms with Crippen molar-refractivity contribution in [2.24, 2.45) is 5.73 Å². The Morgan fingerprint density at radius 3 is 2.56 bits per heavy atom. The maximum atomic E-state index is 13.3. The Kier molecular flexibility index (Phi) is 6.51. The highest BCUT2D eigenvalue weighted by Crippen LogP contribution is 2.27. The summed E-state index contributed by atoms with van der Waals surface area (Å²) in [7, 11) is 0. The molecule has 0 aliphatic heterocycles. The second-order valence-electron chi connectivity index (χ2n) is 7.72. The van der Waals surface area contributed by atoms with Crippen molar-refractivity contribution in [1.29, 1.82) is 0 Å². The van der Waals surface area contributed by atoms with Crippen LogP contribution in [0.15, 0.2) is 78.9 Å². The van der Waals surface area contributed by atoms with Crippen molar-refractivity contribution in [2.45, 2.75) is 26.0 Å². The lowest BCUT2D eigenvalue weighted by atomic mass is 9.97. The van der Waals surface area contributed by atoms with Crippen molar-refractivity contribution in [3.63, 3.8) is 0 Å². The Labute approximate surface area is 192 Å². The van der Waals surface area contributed by atoms with Crippen LogP contribution in [0.5, 0.6) is 0 Å². The molecule has 1 heterocycles. The van der Waals surface area contributed by atoms with E-state index in [1.54, 1.807) is 28.9 Å². The number of benzene rings is 3. The van der Waals surface area contributed by atoms with E-state index >= 15 is 0 Å². The van der Waals surface area contributed by atoms with Crippen LogP contribution in [0.1, 0.15) is 44.5 Å². The molecule has 4 rings (SSSR count). The van der Waals surface area contributed by atoms with Crippen LogP contribution in [0.3, 0.4) is 0 Å². The third kappa shape index (κ3) is 4.65. The lowest BCUT2D eigenvalue weighted by molar-refractivity contribution is 0.0985. The molecule has 0 aliphatic carbocycles. The normalized spacial score (nSPS) is 12.0. The van der Waals surface area contributed by atoms with Crippen LogP contribution in [0.2, 0.25) is 5.02 Å². The zero-order valence-electron chi connectivity index (χ0n) is 17.7. The van der Waals surface area contributed by atoms with Crippen molar-refractivity contribution in [3.8, 4) is 5.69 Å². The van der Waals surface area contributed by atoms with Gasteiger partial charge in [-0.3, -0.25) is 4.79 Å². The van der Waals surface area contributed by atoms with Gasteiger partial charge in [0.2, 0.25) is 0 Å². The lowest BCUT2D eigenvalue weighted by Crippen LogP contribution is -2.12. The number of Topliss-reactive ketones (excluding diaryl/α,β-unsaturated/α-hetero) is 1. The molecule has 0 saturated carbocycles. The Morgan fingerprint density at radius 1 is 1.03 bits per heavy atom. The topological polar surface area (TPSA) is 81.1 Å². The second-order valence-corrected chi connectivity index (χ2v) is 8.13. The number of aromatic nitrogens is 2. The Bertz CT molecular complexity index is 1250. The molecule has 6 heteroatoms. The van der Waals surface area contributed by atoms with Crippen molar-refractivity contribution < 1.29 is 9.90 Å². The highest BCUT2D eigenvalue weighted by molar-refractivity contribution is 6.31. The van der Waals surface area contributed by atoms with Gasteiger partial charge in [0.1, 0.15) is 11.8 Å². The first-order valence-corrected chi connectivity index (χ1v) is 10.7. The predicted octanol–water partition coefficient (Wildman–Crippen LogP) is 4.80. The summed E-state index contributed by atoms with van der Waals surface area (Å²) < 4.78 is 1.65. The van der Waals surface area contributed by atoms with Crippen LogP contribution in [-0.2, 0) is 13.0 Å². The first-order chi connectivity index (χ1) is 15.5. The molecule has 32 heavy (non-hydrogen) atoms. The van der Waals surface area contributed by atoms with E-state index in [-0.39, 0.29) is 12.2 Å². The molecule has 1 aromatic heterocycles. The minimum atomic E-state index is -0.797. The van der Waals surface area contributed by atoms with E-state index in [1.807, 2.05) is 61.5 Å². The van der Waals surface area contributed by atoms with Gasteiger partial charge >= 0.3 is 0 Å². The number of rotatable bonds is 7. The van der Waals surface area contributed by atoms with Crippen LogP contribution in [0, 0.1) is 6.92 Å². The van der Waals surface area contributed by atoms with E-state index in [1.165, 1.54) is 0 Å². The molecule has 3 aromatic carbocycles. The van der Waals surface area contributed by atoms with E-state index < -0.39 is 6.10 Å². The van der Waals surface area contributed by atoms with Crippen molar-refractivity contribution in [1.82, 2.24) is 9.78 Å². The van der Waals surface area contributed by atoms with E-state index in [0.717, 1.165) is 22.5 Å². The maximum absolute atomic E-state index is 13.3. The molecule has 0 saturated heterocycles. The molecular weight excluding hydrogens is 422 g/mol. The standard InChI is InChI=1S/C26H24ClN3O2/c1-17-12-24(30(29-17)22-9-5-6-18(13-22)16-28)25(31)15-21-14-20(10-11-23(21)27)26(32)19-7-3-2-4-8-19/h2-14,26,32H,15-16,28H2,1H3. The molecular formula is C26H24ClN3O2. The molecule has 0 spiro atoms. The van der Waals surface area contributed by atoms with Gasteiger partial charge in [-0.25, -0.2) is 4.68 Å². The van der Waals surface area contributed by atoms with Crippen molar-refractivity contribution in [3.05, 3.63) is 118 Å². The van der Waals surface area contributed by atoms with Crippen molar-refractivity contribution in [2.75, 3.05) is 0 Å². The van der Waals surface area contributed by atoms with Gasteiger partial charge in [-0.05, 0) is 53.4 Å². The van der Waals surface area contributed by atoms with Crippen LogP contribution in [0.4, 0.5) is 0 Å². The second kappa shape index (κ2) is 9.49. The number of nitrogens with two attached hydrogens (primary N) is 1. The number of hydrogen-bond acceptors (Lipinski definition) is 4. The number of nitrogens with zero attached hydrogens (tertiary/aromatic N) is 2. The highest BCUT2D eigenvalue weighted by atomic mass is 35.5. The summed E-state index contributed by atoms with van der Waals surface area (Å²) in [4.78, 5) is 13.3. The van der Waals surface area contributed by atoms with Gasteiger partial charge in [-0.1, -0.05) is 66.2 Å². The molecule has 0 bridgehead atoms. The quantitative estimate of drug-likeness (QED) is 0.400. The first-order valence-electron chi connectivity index (χ1n) is 10.4. The fraction of sp³-hybridized carbons (Fsp3) is 0.154. The van der Waals surface area contributed by atoms with E-state index in [2.05, 4.69) is 5.10 Å². The molecule has 0 radical (unpaired) electrons.